The van der Waals surface area contributed by atoms with Gasteiger partial charge in [-0.1, -0.05) is 58.3 Å². The maximum Gasteiger partial charge on any atom is 0.0617 e. The van der Waals surface area contributed by atoms with Gasteiger partial charge in [-0.05, 0) is 33.1 Å². The average Bonchev–Trinajstić information content (AvgIpc) is 2.31. The monoisotopic (exact) mass is 276 g/mol. The zero-order valence-corrected chi connectivity index (χ0v) is 13.4. The molecule has 0 radical (unpaired) electrons. The van der Waals surface area contributed by atoms with Gasteiger partial charge in [-0.3, -0.25) is 0 Å². The summed E-state index contributed by atoms with van der Waals surface area (Å²) in [6, 6.07) is 0. The Morgan fingerprint density at radius 3 is 1.83 bits per heavy atom. The largest absolute Gasteiger partial charge is 0.390 e. The minimum Gasteiger partial charge on any atom is -0.390 e. The molecule has 110 valence electrons. The number of aliphatic hydroxyl groups is 1. The molecular formula is C16H33ClO. The first-order valence-electron chi connectivity index (χ1n) is 7.84. The molecule has 18 heavy (non-hydrogen) atoms. The Morgan fingerprint density at radius 2 is 1.39 bits per heavy atom. The van der Waals surface area contributed by atoms with Gasteiger partial charge >= 0.3 is 0 Å². The molecule has 0 aliphatic rings. The van der Waals surface area contributed by atoms with Gasteiger partial charge in [0.05, 0.1) is 5.60 Å². The molecule has 1 nitrogen and oxygen atoms in total. The predicted molar refractivity (Wildman–Crippen MR) is 82.4 cm³/mol. The molecular weight excluding hydrogens is 244 g/mol. The summed E-state index contributed by atoms with van der Waals surface area (Å²) >= 11 is 5.90. The average molecular weight is 277 g/mol. The topological polar surface area (TPSA) is 20.2 Å². The molecule has 1 N–H and O–H groups in total. The lowest BCUT2D eigenvalue weighted by Crippen LogP contribution is -2.22. The number of alkyl halides is 1. The van der Waals surface area contributed by atoms with Gasteiger partial charge in [0, 0.05) is 5.38 Å². The SMILES string of the molecule is CCC(C)(O)CCCCCCCCCCC(C)Cl. The van der Waals surface area contributed by atoms with E-state index in [1.54, 1.807) is 0 Å². The van der Waals surface area contributed by atoms with Gasteiger partial charge in [0.1, 0.15) is 0 Å². The molecule has 0 heterocycles. The van der Waals surface area contributed by atoms with Crippen molar-refractivity contribution in [2.45, 2.75) is 102 Å². The highest BCUT2D eigenvalue weighted by molar-refractivity contribution is 6.20. The van der Waals surface area contributed by atoms with Crippen LogP contribution in [0.3, 0.4) is 0 Å². The molecule has 0 amide bonds. The summed E-state index contributed by atoms with van der Waals surface area (Å²) in [5.74, 6) is 0. The van der Waals surface area contributed by atoms with E-state index in [1.807, 2.05) is 6.92 Å². The Balaban J connectivity index is 3.12. The maximum absolute atomic E-state index is 9.86. The van der Waals surface area contributed by atoms with Gasteiger partial charge < -0.3 is 5.11 Å². The third kappa shape index (κ3) is 12.7. The van der Waals surface area contributed by atoms with Gasteiger partial charge in [0.2, 0.25) is 0 Å². The van der Waals surface area contributed by atoms with Crippen LogP contribution in [0.2, 0.25) is 0 Å². The summed E-state index contributed by atoms with van der Waals surface area (Å²) in [6.45, 7) is 6.08. The van der Waals surface area contributed by atoms with E-state index in [1.165, 1.54) is 51.4 Å². The van der Waals surface area contributed by atoms with E-state index < -0.39 is 5.60 Å². The number of unbranched alkanes of at least 4 members (excludes halogenated alkanes) is 7. The predicted octanol–water partition coefficient (Wildman–Crippen LogP) is 5.68. The fourth-order valence-electron chi connectivity index (χ4n) is 2.17. The van der Waals surface area contributed by atoms with Crippen LogP contribution in [0.4, 0.5) is 0 Å². The zero-order valence-electron chi connectivity index (χ0n) is 12.7. The van der Waals surface area contributed by atoms with Crippen molar-refractivity contribution < 1.29 is 5.11 Å². The van der Waals surface area contributed by atoms with E-state index >= 15 is 0 Å². The number of hydrogen-bond donors (Lipinski definition) is 1. The molecule has 0 rings (SSSR count). The fourth-order valence-corrected chi connectivity index (χ4v) is 2.32. The van der Waals surface area contributed by atoms with Crippen LogP contribution in [0.5, 0.6) is 0 Å². The first kappa shape index (κ1) is 18.2. The normalized spacial score (nSPS) is 16.5. The third-order valence-electron chi connectivity index (χ3n) is 3.83. The van der Waals surface area contributed by atoms with Gasteiger partial charge in [-0.25, -0.2) is 0 Å². The van der Waals surface area contributed by atoms with Crippen molar-refractivity contribution in [2.75, 3.05) is 0 Å². The smallest absolute Gasteiger partial charge is 0.0617 e. The number of rotatable bonds is 12. The van der Waals surface area contributed by atoms with Crippen LogP contribution in [0, 0.1) is 0 Å². The first-order valence-corrected chi connectivity index (χ1v) is 8.28. The van der Waals surface area contributed by atoms with Crippen molar-refractivity contribution >= 4 is 11.6 Å². The van der Waals surface area contributed by atoms with Crippen molar-refractivity contribution in [2.24, 2.45) is 0 Å². The minimum atomic E-state index is -0.432. The second kappa shape index (κ2) is 11.1. The highest BCUT2D eigenvalue weighted by Gasteiger charge is 2.15. The van der Waals surface area contributed by atoms with Gasteiger partial charge in [0.15, 0.2) is 0 Å². The molecule has 2 atom stereocenters. The van der Waals surface area contributed by atoms with Crippen LogP contribution in [0.1, 0.15) is 91.4 Å². The molecule has 0 aromatic rings. The number of halogens is 1. The molecule has 0 saturated heterocycles. The molecule has 0 aromatic carbocycles. The molecule has 2 unspecified atom stereocenters. The summed E-state index contributed by atoms with van der Waals surface area (Å²) < 4.78 is 0. The Kier molecular flexibility index (Phi) is 11.3. The fraction of sp³-hybridized carbons (Fsp3) is 1.00. The van der Waals surface area contributed by atoms with Crippen LogP contribution in [-0.4, -0.2) is 16.1 Å². The summed E-state index contributed by atoms with van der Waals surface area (Å²) in [6.07, 6.45) is 13.4. The molecule has 0 aromatic heterocycles. The van der Waals surface area contributed by atoms with Crippen molar-refractivity contribution in [3.05, 3.63) is 0 Å². The van der Waals surface area contributed by atoms with Crippen LogP contribution >= 0.6 is 11.6 Å². The van der Waals surface area contributed by atoms with Gasteiger partial charge in [-0.15, -0.1) is 11.6 Å². The minimum absolute atomic E-state index is 0.344. The Labute approximate surface area is 119 Å². The standard InChI is InChI=1S/C16H33ClO/c1-4-16(3,18)14-12-10-8-6-5-7-9-11-13-15(2)17/h15,18H,4-14H2,1-3H3. The van der Waals surface area contributed by atoms with E-state index in [0.717, 1.165) is 19.3 Å². The lowest BCUT2D eigenvalue weighted by Gasteiger charge is -2.20. The van der Waals surface area contributed by atoms with Crippen molar-refractivity contribution in [1.29, 1.82) is 0 Å². The quantitative estimate of drug-likeness (QED) is 0.359. The van der Waals surface area contributed by atoms with E-state index in [2.05, 4.69) is 13.8 Å². The van der Waals surface area contributed by atoms with E-state index in [4.69, 9.17) is 11.6 Å². The number of hydrogen-bond acceptors (Lipinski definition) is 1. The van der Waals surface area contributed by atoms with Crippen molar-refractivity contribution in [3.63, 3.8) is 0 Å². The summed E-state index contributed by atoms with van der Waals surface area (Å²) in [5.41, 5.74) is -0.432. The first-order chi connectivity index (χ1) is 8.48. The highest BCUT2D eigenvalue weighted by atomic mass is 35.5. The van der Waals surface area contributed by atoms with E-state index in [9.17, 15) is 5.11 Å². The van der Waals surface area contributed by atoms with Crippen LogP contribution in [-0.2, 0) is 0 Å². The molecule has 2 heteroatoms. The Morgan fingerprint density at radius 1 is 0.944 bits per heavy atom. The Hall–Kier alpha value is 0.250. The summed E-state index contributed by atoms with van der Waals surface area (Å²) in [4.78, 5) is 0. The molecule has 0 aliphatic heterocycles. The van der Waals surface area contributed by atoms with E-state index in [0.29, 0.717) is 5.38 Å². The van der Waals surface area contributed by atoms with E-state index in [-0.39, 0.29) is 0 Å². The third-order valence-corrected chi connectivity index (χ3v) is 4.05. The second-order valence-corrected chi connectivity index (χ2v) is 6.74. The molecule has 0 aliphatic carbocycles. The lowest BCUT2D eigenvalue weighted by molar-refractivity contribution is 0.0442. The lowest BCUT2D eigenvalue weighted by atomic mass is 9.95. The van der Waals surface area contributed by atoms with Gasteiger partial charge in [0.25, 0.3) is 0 Å². The van der Waals surface area contributed by atoms with Crippen molar-refractivity contribution in [1.82, 2.24) is 0 Å². The summed E-state index contributed by atoms with van der Waals surface area (Å²) in [7, 11) is 0. The maximum atomic E-state index is 9.86. The highest BCUT2D eigenvalue weighted by Crippen LogP contribution is 2.19. The summed E-state index contributed by atoms with van der Waals surface area (Å²) in [5, 5.41) is 10.2. The Bertz CT molecular complexity index is 178. The molecule has 0 fully saturated rings. The molecule has 0 spiro atoms. The van der Waals surface area contributed by atoms with Crippen LogP contribution in [0.25, 0.3) is 0 Å². The second-order valence-electron chi connectivity index (χ2n) is 6.00. The van der Waals surface area contributed by atoms with Gasteiger partial charge in [-0.2, -0.15) is 0 Å². The zero-order chi connectivity index (χ0) is 13.9. The molecule has 0 bridgehead atoms. The van der Waals surface area contributed by atoms with Crippen LogP contribution < -0.4 is 0 Å². The van der Waals surface area contributed by atoms with Crippen molar-refractivity contribution in [3.8, 4) is 0 Å². The van der Waals surface area contributed by atoms with Crippen LogP contribution in [0.15, 0.2) is 0 Å². The molecule has 0 saturated carbocycles.